The molecule has 1 aromatic heterocycles. The molecule has 1 saturated carbocycles. The van der Waals surface area contributed by atoms with Gasteiger partial charge in [-0.15, -0.1) is 0 Å². The number of carbonyl (C=O) groups excluding carboxylic acids is 2. The highest BCUT2D eigenvalue weighted by Gasteiger charge is 2.34. The Kier molecular flexibility index (Phi) is 8.52. The molecule has 7 heteroatoms. The van der Waals surface area contributed by atoms with E-state index in [1.165, 1.54) is 6.42 Å². The van der Waals surface area contributed by atoms with E-state index in [1.54, 1.807) is 24.4 Å². The fourth-order valence-corrected chi connectivity index (χ4v) is 4.91. The van der Waals surface area contributed by atoms with Crippen LogP contribution in [0.1, 0.15) is 49.7 Å². The van der Waals surface area contributed by atoms with E-state index in [1.807, 2.05) is 41.3 Å². The summed E-state index contributed by atoms with van der Waals surface area (Å²) in [5, 5.41) is 0. The molecule has 2 fully saturated rings. The highest BCUT2D eigenvalue weighted by atomic mass is 16.5. The van der Waals surface area contributed by atoms with Crippen LogP contribution in [0, 0.1) is 0 Å². The van der Waals surface area contributed by atoms with Gasteiger partial charge in [0.2, 0.25) is 11.8 Å². The lowest BCUT2D eigenvalue weighted by Crippen LogP contribution is -2.46. The maximum atomic E-state index is 13.3. The molecule has 2 aliphatic rings. The van der Waals surface area contributed by atoms with Crippen molar-refractivity contribution >= 4 is 11.8 Å². The number of aryl methyl sites for hydroxylation is 1. The third-order valence-corrected chi connectivity index (χ3v) is 6.84. The Morgan fingerprint density at radius 3 is 2.62 bits per heavy atom. The first-order valence-electron chi connectivity index (χ1n) is 12.3. The number of ether oxygens (including phenoxy) is 2. The van der Waals surface area contributed by atoms with E-state index in [0.29, 0.717) is 32.5 Å². The highest BCUT2D eigenvalue weighted by Crippen LogP contribution is 2.25. The van der Waals surface area contributed by atoms with Gasteiger partial charge in [0.1, 0.15) is 5.75 Å². The first kappa shape index (κ1) is 24.2. The third kappa shape index (κ3) is 6.56. The van der Waals surface area contributed by atoms with E-state index in [-0.39, 0.29) is 30.5 Å². The van der Waals surface area contributed by atoms with Crippen molar-refractivity contribution in [3.63, 3.8) is 0 Å². The van der Waals surface area contributed by atoms with Crippen molar-refractivity contribution in [3.05, 3.63) is 59.9 Å². The first-order chi connectivity index (χ1) is 16.6. The second-order valence-electron chi connectivity index (χ2n) is 9.25. The zero-order valence-electron chi connectivity index (χ0n) is 20.0. The van der Waals surface area contributed by atoms with Crippen LogP contribution in [0.3, 0.4) is 0 Å². The number of pyridine rings is 1. The van der Waals surface area contributed by atoms with Gasteiger partial charge >= 0.3 is 0 Å². The predicted octanol–water partition coefficient (Wildman–Crippen LogP) is 3.61. The van der Waals surface area contributed by atoms with Crippen LogP contribution >= 0.6 is 0 Å². The van der Waals surface area contributed by atoms with Gasteiger partial charge in [-0.3, -0.25) is 14.6 Å². The molecule has 0 bridgehead atoms. The lowest BCUT2D eigenvalue weighted by molar-refractivity contribution is -0.140. The molecule has 4 rings (SSSR count). The number of nitrogens with zero attached hydrogens (tertiary/aromatic N) is 3. The van der Waals surface area contributed by atoms with Gasteiger partial charge in [-0.1, -0.05) is 31.4 Å². The summed E-state index contributed by atoms with van der Waals surface area (Å²) < 4.78 is 11.5. The minimum absolute atomic E-state index is 0.0147. The van der Waals surface area contributed by atoms with Gasteiger partial charge in [-0.05, 0) is 54.7 Å². The van der Waals surface area contributed by atoms with Gasteiger partial charge in [0.25, 0.3) is 0 Å². The molecule has 2 heterocycles. The summed E-state index contributed by atoms with van der Waals surface area (Å²) in [7, 11) is 1.64. The summed E-state index contributed by atoms with van der Waals surface area (Å²) in [6.45, 7) is 1.53. The van der Waals surface area contributed by atoms with Crippen molar-refractivity contribution < 1.29 is 19.1 Å². The number of rotatable bonds is 8. The van der Waals surface area contributed by atoms with Crippen LogP contribution in [-0.4, -0.2) is 65.5 Å². The fraction of sp³-hybridized carbons (Fsp3) is 0.519. The molecule has 0 N–H and O–H groups in total. The topological polar surface area (TPSA) is 72.0 Å². The summed E-state index contributed by atoms with van der Waals surface area (Å²) in [5.74, 6) is 0.804. The van der Waals surface area contributed by atoms with Crippen LogP contribution in [-0.2, 0) is 27.4 Å². The van der Waals surface area contributed by atoms with E-state index in [9.17, 15) is 9.59 Å². The van der Waals surface area contributed by atoms with E-state index in [0.717, 1.165) is 42.6 Å². The average Bonchev–Trinajstić information content (AvgIpc) is 3.06. The average molecular weight is 466 g/mol. The Labute approximate surface area is 202 Å². The molecule has 2 amide bonds. The lowest BCUT2D eigenvalue weighted by Gasteiger charge is -2.34. The normalized spacial score (nSPS) is 19.7. The Hall–Kier alpha value is -2.93. The molecule has 0 radical (unpaired) electrons. The molecule has 34 heavy (non-hydrogen) atoms. The zero-order chi connectivity index (χ0) is 23.8. The molecule has 0 unspecified atom stereocenters. The van der Waals surface area contributed by atoms with E-state index >= 15 is 0 Å². The summed E-state index contributed by atoms with van der Waals surface area (Å²) in [5.41, 5.74) is 2.08. The number of hydrogen-bond donors (Lipinski definition) is 0. The molecule has 1 aliphatic carbocycles. The molecule has 7 nitrogen and oxygen atoms in total. The second kappa shape index (κ2) is 12.0. The SMILES string of the molecule is COc1cccc(CCC(=O)N2CC(=O)N(C3CCCCC3)C[C@H](OCc3ccncc3)C2)c1. The Bertz CT molecular complexity index is 946. The van der Waals surface area contributed by atoms with Gasteiger partial charge in [-0.25, -0.2) is 0 Å². The van der Waals surface area contributed by atoms with Gasteiger partial charge in [-0.2, -0.15) is 0 Å². The van der Waals surface area contributed by atoms with Crippen LogP contribution in [0.2, 0.25) is 0 Å². The Morgan fingerprint density at radius 2 is 1.85 bits per heavy atom. The molecular weight excluding hydrogens is 430 g/mol. The Balaban J connectivity index is 1.43. The smallest absolute Gasteiger partial charge is 0.242 e. The number of aromatic nitrogens is 1. The number of amides is 2. The zero-order valence-corrected chi connectivity index (χ0v) is 20.0. The van der Waals surface area contributed by atoms with Crippen molar-refractivity contribution in [1.29, 1.82) is 0 Å². The molecule has 1 aliphatic heterocycles. The number of hydrogen-bond acceptors (Lipinski definition) is 5. The number of benzene rings is 1. The minimum atomic E-state index is -0.220. The summed E-state index contributed by atoms with van der Waals surface area (Å²) in [4.78, 5) is 34.2. The summed E-state index contributed by atoms with van der Waals surface area (Å²) >= 11 is 0. The number of carbonyl (C=O) groups is 2. The van der Waals surface area contributed by atoms with Gasteiger partial charge in [0.05, 0.1) is 26.4 Å². The molecule has 1 saturated heterocycles. The third-order valence-electron chi connectivity index (χ3n) is 6.84. The second-order valence-corrected chi connectivity index (χ2v) is 9.25. The van der Waals surface area contributed by atoms with Crippen LogP contribution in [0.4, 0.5) is 0 Å². The summed E-state index contributed by atoms with van der Waals surface area (Å²) in [6.07, 6.45) is 9.84. The fourth-order valence-electron chi connectivity index (χ4n) is 4.91. The van der Waals surface area contributed by atoms with Crippen LogP contribution in [0.15, 0.2) is 48.8 Å². The molecule has 0 spiro atoms. The van der Waals surface area contributed by atoms with Gasteiger partial charge in [0.15, 0.2) is 0 Å². The van der Waals surface area contributed by atoms with Crippen molar-refractivity contribution in [2.75, 3.05) is 26.7 Å². The number of methoxy groups -OCH3 is 1. The summed E-state index contributed by atoms with van der Waals surface area (Å²) in [6, 6.07) is 11.9. The monoisotopic (exact) mass is 465 g/mol. The van der Waals surface area contributed by atoms with Gasteiger partial charge in [0, 0.05) is 37.9 Å². The Morgan fingerprint density at radius 1 is 1.06 bits per heavy atom. The van der Waals surface area contributed by atoms with Gasteiger partial charge < -0.3 is 19.3 Å². The lowest BCUT2D eigenvalue weighted by atomic mass is 9.94. The molecule has 1 aromatic carbocycles. The van der Waals surface area contributed by atoms with E-state index < -0.39 is 0 Å². The first-order valence-corrected chi connectivity index (χ1v) is 12.3. The molecule has 182 valence electrons. The van der Waals surface area contributed by atoms with Crippen LogP contribution < -0.4 is 4.74 Å². The van der Waals surface area contributed by atoms with Crippen LogP contribution in [0.25, 0.3) is 0 Å². The predicted molar refractivity (Wildman–Crippen MR) is 129 cm³/mol. The van der Waals surface area contributed by atoms with E-state index in [2.05, 4.69) is 4.98 Å². The van der Waals surface area contributed by atoms with Crippen LogP contribution in [0.5, 0.6) is 5.75 Å². The van der Waals surface area contributed by atoms with Crippen molar-refractivity contribution in [2.45, 2.75) is 63.7 Å². The van der Waals surface area contributed by atoms with Crippen molar-refractivity contribution in [3.8, 4) is 5.75 Å². The quantitative estimate of drug-likeness (QED) is 0.596. The van der Waals surface area contributed by atoms with Crippen molar-refractivity contribution in [2.24, 2.45) is 0 Å². The maximum Gasteiger partial charge on any atom is 0.242 e. The molecular formula is C27H35N3O4. The standard InChI is InChI=1S/C27H35N3O4/c1-33-24-9-5-6-21(16-24)10-11-26(31)29-17-25(34-20-22-12-14-28-15-13-22)18-30(27(32)19-29)23-7-3-2-4-8-23/h5-6,9,12-16,23,25H,2-4,7-8,10-11,17-20H2,1H3/t25-/m1/s1. The highest BCUT2D eigenvalue weighted by molar-refractivity contribution is 5.85. The maximum absolute atomic E-state index is 13.3. The minimum Gasteiger partial charge on any atom is -0.497 e. The molecule has 2 aromatic rings. The van der Waals surface area contributed by atoms with E-state index in [4.69, 9.17) is 9.47 Å². The van der Waals surface area contributed by atoms with Crippen molar-refractivity contribution in [1.82, 2.24) is 14.8 Å². The molecule has 1 atom stereocenters. The largest absolute Gasteiger partial charge is 0.497 e.